The van der Waals surface area contributed by atoms with Crippen molar-refractivity contribution in [2.24, 2.45) is 5.92 Å². The standard InChI is InChI=1S/C16H29N3O2/c20-10-9-18(11-13-1-2-13)12-16(21)17-14-5-7-19(8-6-14)15-3-4-15/h13-15,20H,1-12H2,(H,17,21). The Balaban J connectivity index is 1.36. The summed E-state index contributed by atoms with van der Waals surface area (Å²) in [6.45, 7) is 4.44. The Morgan fingerprint density at radius 1 is 1.14 bits per heavy atom. The van der Waals surface area contributed by atoms with Crippen LogP contribution in [0, 0.1) is 5.92 Å². The first-order valence-corrected chi connectivity index (χ1v) is 8.61. The van der Waals surface area contributed by atoms with Crippen LogP contribution in [0.5, 0.6) is 0 Å². The number of likely N-dealkylation sites (tertiary alicyclic amines) is 1. The first-order chi connectivity index (χ1) is 10.2. The summed E-state index contributed by atoms with van der Waals surface area (Å²) in [7, 11) is 0. The number of aliphatic hydroxyl groups is 1. The molecular weight excluding hydrogens is 266 g/mol. The third kappa shape index (κ3) is 4.94. The highest BCUT2D eigenvalue weighted by molar-refractivity contribution is 5.78. The van der Waals surface area contributed by atoms with Gasteiger partial charge in [0.2, 0.25) is 5.91 Å². The van der Waals surface area contributed by atoms with Crippen molar-refractivity contribution in [1.82, 2.24) is 15.1 Å². The molecule has 0 aromatic heterocycles. The SMILES string of the molecule is O=C(CN(CCO)CC1CC1)NC1CCN(C2CC2)CC1. The second kappa shape index (κ2) is 7.07. The minimum Gasteiger partial charge on any atom is -0.395 e. The van der Waals surface area contributed by atoms with E-state index in [1.165, 1.54) is 25.7 Å². The van der Waals surface area contributed by atoms with Gasteiger partial charge < -0.3 is 15.3 Å². The van der Waals surface area contributed by atoms with E-state index in [-0.39, 0.29) is 12.5 Å². The molecule has 3 fully saturated rings. The molecule has 2 aliphatic carbocycles. The number of nitrogens with one attached hydrogen (secondary N) is 1. The first kappa shape index (κ1) is 15.3. The monoisotopic (exact) mass is 295 g/mol. The molecule has 1 aliphatic heterocycles. The number of piperidine rings is 1. The van der Waals surface area contributed by atoms with Crippen LogP contribution in [-0.2, 0) is 4.79 Å². The molecule has 1 amide bonds. The van der Waals surface area contributed by atoms with Crippen molar-refractivity contribution in [3.8, 4) is 0 Å². The Bertz CT molecular complexity index is 347. The lowest BCUT2D eigenvalue weighted by Crippen LogP contribution is -2.48. The highest BCUT2D eigenvalue weighted by Gasteiger charge is 2.32. The van der Waals surface area contributed by atoms with Gasteiger partial charge in [0.05, 0.1) is 13.2 Å². The minimum absolute atomic E-state index is 0.133. The summed E-state index contributed by atoms with van der Waals surface area (Å²) in [6, 6.07) is 1.20. The second-order valence-corrected chi connectivity index (χ2v) is 7.01. The third-order valence-corrected chi connectivity index (χ3v) is 4.95. The summed E-state index contributed by atoms with van der Waals surface area (Å²) in [5.74, 6) is 0.889. The zero-order chi connectivity index (χ0) is 14.7. The minimum atomic E-state index is 0.133. The lowest BCUT2D eigenvalue weighted by molar-refractivity contribution is -0.123. The number of aliphatic hydroxyl groups excluding tert-OH is 1. The fraction of sp³-hybridized carbons (Fsp3) is 0.938. The van der Waals surface area contributed by atoms with Crippen LogP contribution in [0.3, 0.4) is 0 Å². The number of hydrogen-bond donors (Lipinski definition) is 2. The van der Waals surface area contributed by atoms with E-state index < -0.39 is 0 Å². The highest BCUT2D eigenvalue weighted by Crippen LogP contribution is 2.30. The van der Waals surface area contributed by atoms with Crippen molar-refractivity contribution in [2.75, 3.05) is 39.3 Å². The van der Waals surface area contributed by atoms with Gasteiger partial charge in [-0.15, -0.1) is 0 Å². The predicted molar refractivity (Wildman–Crippen MR) is 82.0 cm³/mol. The molecule has 0 atom stereocenters. The number of carbonyl (C=O) groups is 1. The van der Waals surface area contributed by atoms with Gasteiger partial charge in [0, 0.05) is 38.3 Å². The molecule has 0 unspecified atom stereocenters. The maximum atomic E-state index is 12.2. The van der Waals surface area contributed by atoms with E-state index in [2.05, 4.69) is 15.1 Å². The second-order valence-electron chi connectivity index (χ2n) is 7.01. The van der Waals surface area contributed by atoms with Crippen molar-refractivity contribution in [1.29, 1.82) is 0 Å². The fourth-order valence-corrected chi connectivity index (χ4v) is 3.37. The molecule has 21 heavy (non-hydrogen) atoms. The lowest BCUT2D eigenvalue weighted by atomic mass is 10.0. The smallest absolute Gasteiger partial charge is 0.234 e. The Morgan fingerprint density at radius 2 is 1.86 bits per heavy atom. The average molecular weight is 295 g/mol. The van der Waals surface area contributed by atoms with E-state index in [1.54, 1.807) is 0 Å². The van der Waals surface area contributed by atoms with Gasteiger partial charge in [-0.25, -0.2) is 0 Å². The van der Waals surface area contributed by atoms with Crippen LogP contribution in [0.1, 0.15) is 38.5 Å². The van der Waals surface area contributed by atoms with Crippen LogP contribution in [0.25, 0.3) is 0 Å². The van der Waals surface area contributed by atoms with Crippen LogP contribution >= 0.6 is 0 Å². The number of hydrogen-bond acceptors (Lipinski definition) is 4. The van der Waals surface area contributed by atoms with Gasteiger partial charge in [-0.05, 0) is 44.4 Å². The summed E-state index contributed by atoms with van der Waals surface area (Å²) < 4.78 is 0. The molecular formula is C16H29N3O2. The Labute approximate surface area is 127 Å². The molecule has 2 N–H and O–H groups in total. The molecule has 0 spiro atoms. The molecule has 0 aromatic carbocycles. The number of amides is 1. The maximum Gasteiger partial charge on any atom is 0.234 e. The van der Waals surface area contributed by atoms with Gasteiger partial charge in [-0.1, -0.05) is 0 Å². The largest absolute Gasteiger partial charge is 0.395 e. The maximum absolute atomic E-state index is 12.2. The lowest BCUT2D eigenvalue weighted by Gasteiger charge is -2.32. The molecule has 120 valence electrons. The Morgan fingerprint density at radius 3 is 2.43 bits per heavy atom. The van der Waals surface area contributed by atoms with Crippen molar-refractivity contribution in [2.45, 2.75) is 50.6 Å². The summed E-state index contributed by atoms with van der Waals surface area (Å²) in [6.07, 6.45) is 7.48. The van der Waals surface area contributed by atoms with E-state index >= 15 is 0 Å². The topological polar surface area (TPSA) is 55.8 Å². The zero-order valence-corrected chi connectivity index (χ0v) is 13.0. The number of nitrogens with zero attached hydrogens (tertiary/aromatic N) is 2. The van der Waals surface area contributed by atoms with Crippen molar-refractivity contribution in [3.63, 3.8) is 0 Å². The molecule has 1 heterocycles. The van der Waals surface area contributed by atoms with E-state index in [9.17, 15) is 4.79 Å². The van der Waals surface area contributed by atoms with E-state index in [0.717, 1.165) is 44.4 Å². The zero-order valence-electron chi connectivity index (χ0n) is 13.0. The highest BCUT2D eigenvalue weighted by atomic mass is 16.3. The molecule has 0 bridgehead atoms. The molecule has 3 aliphatic rings. The first-order valence-electron chi connectivity index (χ1n) is 8.61. The van der Waals surface area contributed by atoms with Crippen LogP contribution < -0.4 is 5.32 Å². The molecule has 0 aromatic rings. The Hall–Kier alpha value is -0.650. The fourth-order valence-electron chi connectivity index (χ4n) is 3.37. The molecule has 0 radical (unpaired) electrons. The summed E-state index contributed by atoms with van der Waals surface area (Å²) in [5, 5.41) is 12.3. The van der Waals surface area contributed by atoms with Crippen LogP contribution in [0.4, 0.5) is 0 Å². The number of carbonyl (C=O) groups excluding carboxylic acids is 1. The van der Waals surface area contributed by atoms with Gasteiger partial charge in [-0.3, -0.25) is 9.69 Å². The summed E-state index contributed by atoms with van der Waals surface area (Å²) in [4.78, 5) is 16.9. The van der Waals surface area contributed by atoms with Gasteiger partial charge >= 0.3 is 0 Å². The van der Waals surface area contributed by atoms with Crippen molar-refractivity contribution in [3.05, 3.63) is 0 Å². The van der Waals surface area contributed by atoms with Gasteiger partial charge in [0.1, 0.15) is 0 Å². The Kier molecular flexibility index (Phi) is 5.14. The third-order valence-electron chi connectivity index (χ3n) is 4.95. The normalized spacial score (nSPS) is 24.5. The van der Waals surface area contributed by atoms with Crippen LogP contribution in [0.2, 0.25) is 0 Å². The van der Waals surface area contributed by atoms with Crippen molar-refractivity contribution < 1.29 is 9.90 Å². The summed E-state index contributed by atoms with van der Waals surface area (Å²) in [5.41, 5.74) is 0. The molecule has 2 saturated carbocycles. The van der Waals surface area contributed by atoms with Gasteiger partial charge in [-0.2, -0.15) is 0 Å². The van der Waals surface area contributed by atoms with E-state index in [1.807, 2.05) is 0 Å². The molecule has 1 saturated heterocycles. The van der Waals surface area contributed by atoms with Crippen LogP contribution in [0.15, 0.2) is 0 Å². The molecule has 5 nitrogen and oxygen atoms in total. The van der Waals surface area contributed by atoms with E-state index in [4.69, 9.17) is 5.11 Å². The van der Waals surface area contributed by atoms with Gasteiger partial charge in [0.15, 0.2) is 0 Å². The molecule has 5 heteroatoms. The molecule has 3 rings (SSSR count). The quantitative estimate of drug-likeness (QED) is 0.682. The summed E-state index contributed by atoms with van der Waals surface area (Å²) >= 11 is 0. The van der Waals surface area contributed by atoms with Crippen molar-refractivity contribution >= 4 is 5.91 Å². The number of rotatable bonds is 8. The average Bonchev–Trinajstić information content (AvgIpc) is 3.34. The van der Waals surface area contributed by atoms with E-state index in [0.29, 0.717) is 19.1 Å². The predicted octanol–water partition coefficient (Wildman–Crippen LogP) is 0.434. The van der Waals surface area contributed by atoms with Gasteiger partial charge in [0.25, 0.3) is 0 Å². The van der Waals surface area contributed by atoms with Crippen LogP contribution in [-0.4, -0.2) is 72.2 Å².